The highest BCUT2D eigenvalue weighted by atomic mass is 32.2. The quantitative estimate of drug-likeness (QED) is 0.417. The molecule has 0 aromatic rings. The van der Waals surface area contributed by atoms with E-state index in [-0.39, 0.29) is 6.54 Å². The van der Waals surface area contributed by atoms with Crippen LogP contribution in [0.2, 0.25) is 0 Å². The maximum atomic E-state index is 12.4. The molecule has 0 amide bonds. The van der Waals surface area contributed by atoms with Crippen molar-refractivity contribution in [2.45, 2.75) is 83.6 Å². The van der Waals surface area contributed by atoms with E-state index in [1.807, 2.05) is 0 Å². The molecule has 3 nitrogen and oxygen atoms in total. The van der Waals surface area contributed by atoms with Crippen molar-refractivity contribution >= 4 is 10.0 Å². The van der Waals surface area contributed by atoms with Gasteiger partial charge >= 0.3 is 15.5 Å². The van der Waals surface area contributed by atoms with E-state index in [0.29, 0.717) is 16.6 Å². The predicted octanol–water partition coefficient (Wildman–Crippen LogP) is 5.32. The van der Waals surface area contributed by atoms with Crippen LogP contribution in [-0.2, 0) is 10.0 Å². The monoisotopic (exact) mass is 359 g/mol. The summed E-state index contributed by atoms with van der Waals surface area (Å²) >= 11 is 0. The van der Waals surface area contributed by atoms with Crippen molar-refractivity contribution in [3.8, 4) is 0 Å². The molecule has 140 valence electrons. The fourth-order valence-electron chi connectivity index (χ4n) is 2.65. The molecule has 0 saturated heterocycles. The number of sulfonamides is 1. The van der Waals surface area contributed by atoms with Gasteiger partial charge in [0.05, 0.1) is 0 Å². The molecule has 0 rings (SSSR count). The Morgan fingerprint density at radius 3 is 1.91 bits per heavy atom. The maximum absolute atomic E-state index is 12.4. The lowest BCUT2D eigenvalue weighted by Crippen LogP contribution is -2.38. The van der Waals surface area contributed by atoms with Gasteiger partial charge in [-0.05, 0) is 12.3 Å². The molecular formula is C16H32F3NO2S. The van der Waals surface area contributed by atoms with Gasteiger partial charge in [-0.3, -0.25) is 0 Å². The van der Waals surface area contributed by atoms with Gasteiger partial charge in [0.1, 0.15) is 0 Å². The highest BCUT2D eigenvalue weighted by Crippen LogP contribution is 2.26. The van der Waals surface area contributed by atoms with Crippen molar-refractivity contribution in [1.29, 1.82) is 0 Å². The van der Waals surface area contributed by atoms with Crippen molar-refractivity contribution in [1.82, 2.24) is 4.31 Å². The molecule has 0 saturated carbocycles. The van der Waals surface area contributed by atoms with Gasteiger partial charge in [0.2, 0.25) is 0 Å². The van der Waals surface area contributed by atoms with Gasteiger partial charge in [-0.1, -0.05) is 71.6 Å². The summed E-state index contributed by atoms with van der Waals surface area (Å²) in [5.41, 5.74) is -5.20. The zero-order valence-corrected chi connectivity index (χ0v) is 15.5. The molecular weight excluding hydrogens is 327 g/mol. The van der Waals surface area contributed by atoms with Gasteiger partial charge in [0.25, 0.3) is 0 Å². The summed E-state index contributed by atoms with van der Waals surface area (Å²) in [6, 6.07) is 0. The molecule has 0 radical (unpaired) electrons. The van der Waals surface area contributed by atoms with E-state index in [1.165, 1.54) is 32.1 Å². The van der Waals surface area contributed by atoms with Crippen LogP contribution in [0.1, 0.15) is 78.1 Å². The molecule has 0 spiro atoms. The molecule has 1 atom stereocenters. The molecule has 7 heteroatoms. The Kier molecular flexibility index (Phi) is 11.1. The lowest BCUT2D eigenvalue weighted by atomic mass is 9.93. The van der Waals surface area contributed by atoms with Gasteiger partial charge in [-0.25, -0.2) is 8.42 Å². The minimum absolute atomic E-state index is 0.0746. The van der Waals surface area contributed by atoms with E-state index in [4.69, 9.17) is 0 Å². The van der Waals surface area contributed by atoms with Crippen LogP contribution in [0.25, 0.3) is 0 Å². The Balaban J connectivity index is 3.95. The Hall–Kier alpha value is -0.300. The summed E-state index contributed by atoms with van der Waals surface area (Å²) < 4.78 is 59.9. The molecule has 0 heterocycles. The summed E-state index contributed by atoms with van der Waals surface area (Å²) in [7, 11) is -4.18. The minimum Gasteiger partial charge on any atom is -0.203 e. The normalized spacial score (nSPS) is 14.4. The summed E-state index contributed by atoms with van der Waals surface area (Å²) in [6.45, 7) is 4.25. The lowest BCUT2D eigenvalue weighted by Gasteiger charge is -2.19. The third kappa shape index (κ3) is 8.94. The van der Waals surface area contributed by atoms with Crippen molar-refractivity contribution in [3.63, 3.8) is 0 Å². The van der Waals surface area contributed by atoms with Gasteiger partial charge in [0, 0.05) is 13.6 Å². The summed E-state index contributed by atoms with van der Waals surface area (Å²) in [4.78, 5) is 0. The fourth-order valence-corrected chi connectivity index (χ4v) is 3.38. The molecule has 23 heavy (non-hydrogen) atoms. The van der Waals surface area contributed by atoms with Crippen LogP contribution in [0.4, 0.5) is 13.2 Å². The maximum Gasteiger partial charge on any atom is 0.511 e. The van der Waals surface area contributed by atoms with Gasteiger partial charge in [-0.15, -0.1) is 0 Å². The molecule has 0 aliphatic heterocycles. The van der Waals surface area contributed by atoms with Crippen LogP contribution < -0.4 is 0 Å². The Labute approximate surface area is 139 Å². The smallest absolute Gasteiger partial charge is 0.203 e. The molecule has 0 aliphatic carbocycles. The molecule has 0 bridgehead atoms. The second-order valence-electron chi connectivity index (χ2n) is 6.25. The fraction of sp³-hybridized carbons (Fsp3) is 1.00. The highest BCUT2D eigenvalue weighted by Gasteiger charge is 2.48. The lowest BCUT2D eigenvalue weighted by molar-refractivity contribution is -0.0482. The largest absolute Gasteiger partial charge is 0.511 e. The van der Waals surface area contributed by atoms with Gasteiger partial charge in [0.15, 0.2) is 0 Å². The van der Waals surface area contributed by atoms with E-state index in [1.54, 1.807) is 0 Å². The molecule has 0 aromatic heterocycles. The topological polar surface area (TPSA) is 37.4 Å². The summed E-state index contributed by atoms with van der Waals surface area (Å²) in [5, 5.41) is 0. The van der Waals surface area contributed by atoms with Crippen LogP contribution in [0.5, 0.6) is 0 Å². The second-order valence-corrected chi connectivity index (χ2v) is 8.28. The number of hydrogen-bond acceptors (Lipinski definition) is 2. The van der Waals surface area contributed by atoms with E-state index < -0.39 is 15.5 Å². The highest BCUT2D eigenvalue weighted by molar-refractivity contribution is 7.89. The SMILES string of the molecule is CCCCCCCC(CC)CCCCN(C)S(=O)(=O)C(F)(F)F. The van der Waals surface area contributed by atoms with E-state index in [2.05, 4.69) is 13.8 Å². The van der Waals surface area contributed by atoms with Gasteiger partial charge < -0.3 is 0 Å². The van der Waals surface area contributed by atoms with E-state index >= 15 is 0 Å². The number of alkyl halides is 3. The third-order valence-corrected chi connectivity index (χ3v) is 5.92. The first kappa shape index (κ1) is 22.7. The molecule has 0 aliphatic rings. The number of rotatable bonds is 13. The second kappa shape index (κ2) is 11.3. The van der Waals surface area contributed by atoms with E-state index in [0.717, 1.165) is 32.7 Å². The van der Waals surface area contributed by atoms with Crippen LogP contribution >= 0.6 is 0 Å². The number of unbranched alkanes of at least 4 members (excludes halogenated alkanes) is 5. The number of nitrogens with zero attached hydrogens (tertiary/aromatic N) is 1. The van der Waals surface area contributed by atoms with Crippen LogP contribution in [0.3, 0.4) is 0 Å². The van der Waals surface area contributed by atoms with Crippen LogP contribution in [0, 0.1) is 5.92 Å². The first-order valence-corrected chi connectivity index (χ1v) is 10.1. The zero-order valence-electron chi connectivity index (χ0n) is 14.7. The Morgan fingerprint density at radius 2 is 1.43 bits per heavy atom. The Morgan fingerprint density at radius 1 is 0.913 bits per heavy atom. The number of hydrogen-bond donors (Lipinski definition) is 0. The van der Waals surface area contributed by atoms with Crippen molar-refractivity contribution in [3.05, 3.63) is 0 Å². The van der Waals surface area contributed by atoms with Gasteiger partial charge in [-0.2, -0.15) is 17.5 Å². The average Bonchev–Trinajstić information content (AvgIpc) is 2.47. The Bertz CT molecular complexity index is 397. The van der Waals surface area contributed by atoms with Crippen molar-refractivity contribution in [2.75, 3.05) is 13.6 Å². The standard InChI is InChI=1S/C16H32F3NO2S/c1-4-6-7-8-9-12-15(5-2)13-10-11-14-20(3)23(21,22)16(17,18)19/h15H,4-14H2,1-3H3. The van der Waals surface area contributed by atoms with Crippen LogP contribution in [0.15, 0.2) is 0 Å². The minimum atomic E-state index is -5.20. The van der Waals surface area contributed by atoms with Crippen molar-refractivity contribution < 1.29 is 21.6 Å². The summed E-state index contributed by atoms with van der Waals surface area (Å²) in [6.07, 6.45) is 10.7. The first-order valence-electron chi connectivity index (χ1n) is 8.69. The summed E-state index contributed by atoms with van der Waals surface area (Å²) in [5.74, 6) is 0.598. The zero-order chi connectivity index (χ0) is 17.9. The van der Waals surface area contributed by atoms with E-state index in [9.17, 15) is 21.6 Å². The molecule has 0 fully saturated rings. The number of halogens is 3. The molecule has 0 N–H and O–H groups in total. The average molecular weight is 359 g/mol. The predicted molar refractivity (Wildman–Crippen MR) is 88.6 cm³/mol. The van der Waals surface area contributed by atoms with Crippen molar-refractivity contribution in [2.24, 2.45) is 5.92 Å². The first-order chi connectivity index (χ1) is 10.7. The molecule has 0 aromatic carbocycles. The molecule has 1 unspecified atom stereocenters. The third-order valence-electron chi connectivity index (χ3n) is 4.33. The van der Waals surface area contributed by atoms with Crippen LogP contribution in [-0.4, -0.2) is 31.8 Å².